The fourth-order valence-electron chi connectivity index (χ4n) is 0.589. The molecule has 0 heterocycles. The maximum Gasteiger partial charge on any atom is 0.0621 e. The van der Waals surface area contributed by atoms with Crippen LogP contribution in [-0.2, 0) is 0 Å². The van der Waals surface area contributed by atoms with Crippen molar-refractivity contribution in [1.82, 2.24) is 0 Å². The number of oxime groups is 1. The molecule has 1 N–H and O–H groups in total. The molecule has 0 aromatic rings. The molecule has 56 valence electrons. The summed E-state index contributed by atoms with van der Waals surface area (Å²) in [6.07, 6.45) is 1.29. The standard InChI is InChI=1S/C7H12N2O/c1-6(4-3-5-8)7(2)9-10/h6,10H,3-4H2,1-2H3. The summed E-state index contributed by atoms with van der Waals surface area (Å²) in [4.78, 5) is 0. The van der Waals surface area contributed by atoms with Crippen LogP contribution in [0.1, 0.15) is 26.7 Å². The Labute approximate surface area is 61.0 Å². The smallest absolute Gasteiger partial charge is 0.0621 e. The first-order chi connectivity index (χ1) is 4.72. The zero-order chi connectivity index (χ0) is 7.98. The molecule has 0 spiro atoms. The lowest BCUT2D eigenvalue weighted by Crippen LogP contribution is -2.05. The third-order valence-electron chi connectivity index (χ3n) is 1.56. The van der Waals surface area contributed by atoms with Crippen LogP contribution in [0.5, 0.6) is 0 Å². The van der Waals surface area contributed by atoms with Gasteiger partial charge in [-0.15, -0.1) is 0 Å². The van der Waals surface area contributed by atoms with Gasteiger partial charge in [0.25, 0.3) is 0 Å². The maximum atomic E-state index is 8.31. The highest BCUT2D eigenvalue weighted by molar-refractivity contribution is 5.83. The second-order valence-electron chi connectivity index (χ2n) is 2.34. The Bertz CT molecular complexity index is 157. The van der Waals surface area contributed by atoms with Gasteiger partial charge in [0.05, 0.1) is 11.8 Å². The van der Waals surface area contributed by atoms with E-state index in [0.29, 0.717) is 12.1 Å². The second-order valence-corrected chi connectivity index (χ2v) is 2.34. The van der Waals surface area contributed by atoms with Crippen molar-refractivity contribution in [3.8, 4) is 6.07 Å². The summed E-state index contributed by atoms with van der Waals surface area (Å²) in [5.74, 6) is 0.213. The van der Waals surface area contributed by atoms with E-state index < -0.39 is 0 Å². The van der Waals surface area contributed by atoms with E-state index in [4.69, 9.17) is 10.5 Å². The zero-order valence-corrected chi connectivity index (χ0v) is 6.33. The van der Waals surface area contributed by atoms with E-state index >= 15 is 0 Å². The van der Waals surface area contributed by atoms with Gasteiger partial charge in [0.15, 0.2) is 0 Å². The highest BCUT2D eigenvalue weighted by Crippen LogP contribution is 2.06. The topological polar surface area (TPSA) is 56.4 Å². The van der Waals surface area contributed by atoms with Crippen molar-refractivity contribution in [3.63, 3.8) is 0 Å². The molecule has 0 fully saturated rings. The van der Waals surface area contributed by atoms with Gasteiger partial charge >= 0.3 is 0 Å². The Morgan fingerprint density at radius 1 is 1.80 bits per heavy atom. The van der Waals surface area contributed by atoms with Gasteiger partial charge in [-0.3, -0.25) is 0 Å². The van der Waals surface area contributed by atoms with Crippen LogP contribution in [0, 0.1) is 17.2 Å². The van der Waals surface area contributed by atoms with Crippen molar-refractivity contribution in [2.24, 2.45) is 11.1 Å². The molecule has 3 nitrogen and oxygen atoms in total. The lowest BCUT2D eigenvalue weighted by Gasteiger charge is -2.04. The van der Waals surface area contributed by atoms with Gasteiger partial charge in [-0.25, -0.2) is 0 Å². The predicted molar refractivity (Wildman–Crippen MR) is 38.9 cm³/mol. The van der Waals surface area contributed by atoms with Crippen molar-refractivity contribution < 1.29 is 5.21 Å². The molecule has 0 amide bonds. The average Bonchev–Trinajstić information content (AvgIpc) is 1.98. The highest BCUT2D eigenvalue weighted by atomic mass is 16.4. The summed E-state index contributed by atoms with van der Waals surface area (Å²) >= 11 is 0. The van der Waals surface area contributed by atoms with Crippen LogP contribution in [0.15, 0.2) is 5.16 Å². The molecule has 10 heavy (non-hydrogen) atoms. The van der Waals surface area contributed by atoms with Gasteiger partial charge in [0, 0.05) is 6.42 Å². The van der Waals surface area contributed by atoms with Crippen molar-refractivity contribution >= 4 is 5.71 Å². The van der Waals surface area contributed by atoms with Gasteiger partial charge in [-0.2, -0.15) is 5.26 Å². The van der Waals surface area contributed by atoms with E-state index in [-0.39, 0.29) is 5.92 Å². The van der Waals surface area contributed by atoms with Crippen molar-refractivity contribution in [2.75, 3.05) is 0 Å². The largest absolute Gasteiger partial charge is 0.411 e. The SMILES string of the molecule is CC(=NO)C(C)CCC#N. The summed E-state index contributed by atoms with van der Waals surface area (Å²) in [5.41, 5.74) is 0.690. The first-order valence-corrected chi connectivity index (χ1v) is 3.28. The normalized spacial score (nSPS) is 14.3. The Morgan fingerprint density at radius 3 is 2.80 bits per heavy atom. The molecule has 0 rings (SSSR count). The van der Waals surface area contributed by atoms with Crippen LogP contribution < -0.4 is 0 Å². The molecular weight excluding hydrogens is 128 g/mol. The number of hydrogen-bond acceptors (Lipinski definition) is 3. The second kappa shape index (κ2) is 4.80. The minimum absolute atomic E-state index is 0.213. The number of rotatable bonds is 3. The van der Waals surface area contributed by atoms with Crippen LogP contribution in [0.3, 0.4) is 0 Å². The quantitative estimate of drug-likeness (QED) is 0.369. The lowest BCUT2D eigenvalue weighted by atomic mass is 10.0. The molecule has 1 atom stereocenters. The molecule has 0 aliphatic heterocycles. The summed E-state index contributed by atoms with van der Waals surface area (Å²) in [6, 6.07) is 2.04. The van der Waals surface area contributed by atoms with Crippen LogP contribution in [-0.4, -0.2) is 10.9 Å². The highest BCUT2D eigenvalue weighted by Gasteiger charge is 2.04. The molecule has 0 aliphatic carbocycles. The Balaban J connectivity index is 3.64. The molecular formula is C7H12N2O. The van der Waals surface area contributed by atoms with Gasteiger partial charge in [0.2, 0.25) is 0 Å². The summed E-state index contributed by atoms with van der Waals surface area (Å²) in [6.45, 7) is 3.69. The van der Waals surface area contributed by atoms with Crippen LogP contribution in [0.2, 0.25) is 0 Å². The summed E-state index contributed by atoms with van der Waals surface area (Å²) in [7, 11) is 0. The van der Waals surface area contributed by atoms with E-state index in [2.05, 4.69) is 5.16 Å². The zero-order valence-electron chi connectivity index (χ0n) is 6.33. The monoisotopic (exact) mass is 140 g/mol. The van der Waals surface area contributed by atoms with Crippen molar-refractivity contribution in [3.05, 3.63) is 0 Å². The van der Waals surface area contributed by atoms with Crippen molar-refractivity contribution in [2.45, 2.75) is 26.7 Å². The number of nitrogens with zero attached hydrogens (tertiary/aromatic N) is 2. The minimum Gasteiger partial charge on any atom is -0.411 e. The fourth-order valence-corrected chi connectivity index (χ4v) is 0.589. The molecule has 1 unspecified atom stereocenters. The van der Waals surface area contributed by atoms with Crippen LogP contribution in [0.25, 0.3) is 0 Å². The predicted octanol–water partition coefficient (Wildman–Crippen LogP) is 1.78. The first-order valence-electron chi connectivity index (χ1n) is 3.28. The Hall–Kier alpha value is -1.04. The minimum atomic E-state index is 0.213. The molecule has 0 bridgehead atoms. The van der Waals surface area contributed by atoms with Gasteiger partial charge in [-0.1, -0.05) is 12.1 Å². The fraction of sp³-hybridized carbons (Fsp3) is 0.714. The molecule has 0 saturated heterocycles. The lowest BCUT2D eigenvalue weighted by molar-refractivity contribution is 0.314. The van der Waals surface area contributed by atoms with E-state index in [1.807, 2.05) is 13.0 Å². The van der Waals surface area contributed by atoms with Crippen LogP contribution in [0.4, 0.5) is 0 Å². The van der Waals surface area contributed by atoms with Crippen molar-refractivity contribution in [1.29, 1.82) is 5.26 Å². The Kier molecular flexibility index (Phi) is 4.30. The number of nitriles is 1. The van der Waals surface area contributed by atoms with Gasteiger partial charge in [-0.05, 0) is 19.3 Å². The van der Waals surface area contributed by atoms with E-state index in [1.165, 1.54) is 0 Å². The third kappa shape index (κ3) is 3.08. The molecule has 0 aromatic carbocycles. The molecule has 3 heteroatoms. The summed E-state index contributed by atoms with van der Waals surface area (Å²) in [5, 5.41) is 19.6. The molecule has 0 saturated carbocycles. The van der Waals surface area contributed by atoms with E-state index in [9.17, 15) is 0 Å². The molecule has 0 aromatic heterocycles. The third-order valence-corrected chi connectivity index (χ3v) is 1.56. The van der Waals surface area contributed by atoms with E-state index in [0.717, 1.165) is 6.42 Å². The maximum absolute atomic E-state index is 8.31. The first kappa shape index (κ1) is 8.96. The number of hydrogen-bond donors (Lipinski definition) is 1. The van der Waals surface area contributed by atoms with E-state index in [1.54, 1.807) is 6.92 Å². The Morgan fingerprint density at radius 2 is 2.40 bits per heavy atom. The average molecular weight is 140 g/mol. The van der Waals surface area contributed by atoms with Gasteiger partial charge in [0.1, 0.15) is 0 Å². The summed E-state index contributed by atoms with van der Waals surface area (Å²) < 4.78 is 0. The molecule has 0 aliphatic rings. The molecule has 0 radical (unpaired) electrons. The van der Waals surface area contributed by atoms with Crippen LogP contribution >= 0.6 is 0 Å². The van der Waals surface area contributed by atoms with Gasteiger partial charge < -0.3 is 5.21 Å².